The highest BCUT2D eigenvalue weighted by molar-refractivity contribution is 14.1. The van der Waals surface area contributed by atoms with Crippen molar-refractivity contribution in [2.75, 3.05) is 0 Å². The quantitative estimate of drug-likeness (QED) is 0.586. The minimum atomic E-state index is -4.71. The van der Waals surface area contributed by atoms with Crippen molar-refractivity contribution in [3.63, 3.8) is 0 Å². The first-order valence-electron chi connectivity index (χ1n) is 4.39. The molecule has 0 atom stereocenters. The zero-order valence-electron chi connectivity index (χ0n) is 8.24. The first-order chi connectivity index (χ1) is 7.39. The van der Waals surface area contributed by atoms with Crippen molar-refractivity contribution in [2.45, 2.75) is 11.8 Å². The number of halogens is 2. The van der Waals surface area contributed by atoms with Gasteiger partial charge in [-0.15, -0.1) is 3.89 Å². The molecule has 0 saturated carbocycles. The summed E-state index contributed by atoms with van der Waals surface area (Å²) < 4.78 is 35.8. The smallest absolute Gasteiger partial charge is 0.255 e. The van der Waals surface area contributed by atoms with Crippen LogP contribution in [0.1, 0.15) is 5.56 Å². The Morgan fingerprint density at radius 2 is 2.06 bits per heavy atom. The Morgan fingerprint density at radius 1 is 1.38 bits per heavy atom. The van der Waals surface area contributed by atoms with Gasteiger partial charge in [0.25, 0.3) is 0 Å². The fourth-order valence-corrected chi connectivity index (χ4v) is 2.62. The number of aryl methyl sites for hydroxylation is 1. The second-order valence-corrected chi connectivity index (χ2v) is 5.93. The van der Waals surface area contributed by atoms with E-state index in [1.165, 1.54) is 6.07 Å². The largest absolute Gasteiger partial charge is 0.332 e. The number of pyridine rings is 1. The van der Waals surface area contributed by atoms with Crippen molar-refractivity contribution in [3.05, 3.63) is 33.5 Å². The van der Waals surface area contributed by atoms with E-state index in [-0.39, 0.29) is 4.90 Å². The lowest BCUT2D eigenvalue weighted by Crippen LogP contribution is -1.96. The summed E-state index contributed by atoms with van der Waals surface area (Å²) in [6.07, 6.45) is 1.62. The molecule has 0 radical (unpaired) electrons. The molecule has 84 valence electrons. The summed E-state index contributed by atoms with van der Waals surface area (Å²) in [5, 5.41) is 0.328. The molecule has 0 amide bonds. The second kappa shape index (κ2) is 3.92. The Morgan fingerprint density at radius 3 is 2.69 bits per heavy atom. The van der Waals surface area contributed by atoms with Gasteiger partial charge in [-0.2, -0.15) is 8.42 Å². The molecule has 0 aliphatic carbocycles. The highest BCUT2D eigenvalue weighted by Crippen LogP contribution is 2.26. The lowest BCUT2D eigenvalue weighted by atomic mass is 10.1. The van der Waals surface area contributed by atoms with Crippen LogP contribution in [0.2, 0.25) is 0 Å². The first-order valence-corrected chi connectivity index (χ1v) is 6.85. The van der Waals surface area contributed by atoms with Gasteiger partial charge in [0.15, 0.2) is 0 Å². The summed E-state index contributed by atoms with van der Waals surface area (Å²) >= 11 is 2.00. The van der Waals surface area contributed by atoms with Crippen LogP contribution in [-0.4, -0.2) is 13.4 Å². The third-order valence-electron chi connectivity index (χ3n) is 2.24. The van der Waals surface area contributed by atoms with Crippen molar-refractivity contribution in [1.82, 2.24) is 4.98 Å². The SMILES string of the molecule is Cc1ccc(S(=O)(=O)F)c2cc(I)cnc12. The van der Waals surface area contributed by atoms with Gasteiger partial charge in [0, 0.05) is 15.2 Å². The van der Waals surface area contributed by atoms with Gasteiger partial charge in [-0.1, -0.05) is 6.07 Å². The van der Waals surface area contributed by atoms with Gasteiger partial charge in [-0.3, -0.25) is 4.98 Å². The Hall–Kier alpha value is -0.760. The minimum absolute atomic E-state index is 0.320. The number of aromatic nitrogens is 1. The van der Waals surface area contributed by atoms with E-state index < -0.39 is 10.2 Å². The zero-order valence-corrected chi connectivity index (χ0v) is 11.2. The van der Waals surface area contributed by atoms with E-state index in [2.05, 4.69) is 4.98 Å². The Bertz CT molecular complexity index is 670. The second-order valence-electron chi connectivity index (χ2n) is 3.37. The fourth-order valence-electron chi connectivity index (χ4n) is 1.52. The predicted molar refractivity (Wildman–Crippen MR) is 67.5 cm³/mol. The van der Waals surface area contributed by atoms with Crippen LogP contribution in [0.4, 0.5) is 3.89 Å². The topological polar surface area (TPSA) is 47.0 Å². The maximum Gasteiger partial charge on any atom is 0.332 e. The molecule has 6 heteroatoms. The summed E-state index contributed by atoms with van der Waals surface area (Å²) in [4.78, 5) is 3.80. The van der Waals surface area contributed by atoms with Gasteiger partial charge in [-0.05, 0) is 47.2 Å². The average molecular weight is 351 g/mol. The number of rotatable bonds is 1. The molecule has 0 aliphatic heterocycles. The summed E-state index contributed by atoms with van der Waals surface area (Å²) in [7, 11) is -4.71. The normalized spacial score (nSPS) is 11.9. The zero-order chi connectivity index (χ0) is 11.9. The fraction of sp³-hybridized carbons (Fsp3) is 0.100. The van der Waals surface area contributed by atoms with Crippen molar-refractivity contribution in [3.8, 4) is 0 Å². The third kappa shape index (κ3) is 2.03. The number of hydrogen-bond acceptors (Lipinski definition) is 3. The first kappa shape index (κ1) is 11.7. The van der Waals surface area contributed by atoms with Gasteiger partial charge < -0.3 is 0 Å². The van der Waals surface area contributed by atoms with E-state index in [1.807, 2.05) is 22.6 Å². The lowest BCUT2D eigenvalue weighted by Gasteiger charge is -2.05. The Kier molecular flexibility index (Phi) is 2.87. The molecule has 0 saturated heterocycles. The molecule has 0 bridgehead atoms. The lowest BCUT2D eigenvalue weighted by molar-refractivity contribution is 0.553. The van der Waals surface area contributed by atoms with E-state index in [9.17, 15) is 12.3 Å². The Labute approximate surface area is 106 Å². The molecule has 0 spiro atoms. The maximum atomic E-state index is 13.1. The van der Waals surface area contributed by atoms with Gasteiger partial charge >= 0.3 is 10.2 Å². The molecule has 2 rings (SSSR count). The van der Waals surface area contributed by atoms with Crippen molar-refractivity contribution < 1.29 is 12.3 Å². The van der Waals surface area contributed by atoms with Gasteiger partial charge in [0.2, 0.25) is 0 Å². The standard InChI is InChI=1S/C10H7FINO2S/c1-6-2-3-9(16(11,14)15)8-4-7(12)5-13-10(6)8/h2-5H,1H3. The summed E-state index contributed by atoms with van der Waals surface area (Å²) in [6.45, 7) is 1.80. The average Bonchev–Trinajstić information content (AvgIpc) is 2.15. The van der Waals surface area contributed by atoms with Gasteiger partial charge in [-0.25, -0.2) is 0 Å². The van der Waals surface area contributed by atoms with Crippen LogP contribution in [0, 0.1) is 10.5 Å². The molecule has 0 fully saturated rings. The summed E-state index contributed by atoms with van der Waals surface area (Å²) in [5.41, 5.74) is 1.33. The molecule has 0 N–H and O–H groups in total. The van der Waals surface area contributed by atoms with Gasteiger partial charge in [0.1, 0.15) is 4.90 Å². The van der Waals surface area contributed by atoms with E-state index in [1.54, 1.807) is 25.3 Å². The van der Waals surface area contributed by atoms with Crippen molar-refractivity contribution in [1.29, 1.82) is 0 Å². The van der Waals surface area contributed by atoms with E-state index >= 15 is 0 Å². The van der Waals surface area contributed by atoms with Crippen LogP contribution in [-0.2, 0) is 10.2 Å². The molecule has 2 aromatic rings. The highest BCUT2D eigenvalue weighted by Gasteiger charge is 2.17. The molecule has 1 heterocycles. The van der Waals surface area contributed by atoms with Crippen LogP contribution in [0.5, 0.6) is 0 Å². The van der Waals surface area contributed by atoms with Crippen LogP contribution in [0.15, 0.2) is 29.3 Å². The number of fused-ring (bicyclic) bond motifs is 1. The van der Waals surface area contributed by atoms with Gasteiger partial charge in [0.05, 0.1) is 5.52 Å². The molecule has 1 aromatic carbocycles. The Balaban J connectivity index is 2.98. The monoisotopic (exact) mass is 351 g/mol. The van der Waals surface area contributed by atoms with Crippen LogP contribution < -0.4 is 0 Å². The molecule has 16 heavy (non-hydrogen) atoms. The molecule has 0 aliphatic rings. The number of benzene rings is 1. The highest BCUT2D eigenvalue weighted by atomic mass is 127. The summed E-state index contributed by atoms with van der Waals surface area (Å²) in [6, 6.07) is 4.43. The van der Waals surface area contributed by atoms with E-state index in [4.69, 9.17) is 0 Å². The number of nitrogens with zero attached hydrogens (tertiary/aromatic N) is 1. The van der Waals surface area contributed by atoms with E-state index in [0.717, 1.165) is 9.13 Å². The minimum Gasteiger partial charge on any atom is -0.255 e. The molecule has 3 nitrogen and oxygen atoms in total. The van der Waals surface area contributed by atoms with Crippen LogP contribution in [0.25, 0.3) is 10.9 Å². The van der Waals surface area contributed by atoms with Crippen LogP contribution in [0.3, 0.4) is 0 Å². The van der Waals surface area contributed by atoms with E-state index in [0.29, 0.717) is 10.9 Å². The third-order valence-corrected chi connectivity index (χ3v) is 3.71. The van der Waals surface area contributed by atoms with Crippen molar-refractivity contribution >= 4 is 43.7 Å². The molecular formula is C10H7FINO2S. The van der Waals surface area contributed by atoms with Crippen molar-refractivity contribution in [2.24, 2.45) is 0 Å². The molecule has 0 unspecified atom stereocenters. The number of hydrogen-bond donors (Lipinski definition) is 0. The molecule has 1 aromatic heterocycles. The molecular weight excluding hydrogens is 344 g/mol. The maximum absolute atomic E-state index is 13.1. The van der Waals surface area contributed by atoms with Crippen LogP contribution >= 0.6 is 22.6 Å². The predicted octanol–water partition coefficient (Wildman–Crippen LogP) is 2.81. The summed E-state index contributed by atoms with van der Waals surface area (Å²) in [5.74, 6) is 0.